The molecule has 1 aromatic carbocycles. The van der Waals surface area contributed by atoms with Crippen LogP contribution in [0.4, 0.5) is 11.8 Å². The monoisotopic (exact) mass is 454 g/mol. The van der Waals surface area contributed by atoms with E-state index in [1.54, 1.807) is 12.1 Å². The quantitative estimate of drug-likeness (QED) is 0.366. The lowest BCUT2D eigenvalue weighted by Crippen LogP contribution is -2.33. The first-order chi connectivity index (χ1) is 14.4. The molecule has 160 valence electrons. The number of hydrogen-bond donors (Lipinski definition) is 5. The van der Waals surface area contributed by atoms with E-state index in [9.17, 15) is 15.3 Å². The summed E-state index contributed by atoms with van der Waals surface area (Å²) < 4.78 is 7.16. The average molecular weight is 455 g/mol. The van der Waals surface area contributed by atoms with E-state index in [-0.39, 0.29) is 5.82 Å². The molecule has 3 aromatic rings. The minimum absolute atomic E-state index is 0.161. The van der Waals surface area contributed by atoms with Gasteiger partial charge in [-0.25, -0.2) is 15.0 Å². The number of aliphatic hydroxyl groups is 3. The molecule has 0 bridgehead atoms. The minimum Gasteiger partial charge on any atom is -0.394 e. The summed E-state index contributed by atoms with van der Waals surface area (Å²) in [4.78, 5) is 12.6. The SMILES string of the molecule is Nc1ncnc2c1nc(NCCc1ccc(Cl)cc1Cl)n2[C@@H]1O[C@H](CO)C(O)C1O. The first-order valence-corrected chi connectivity index (χ1v) is 9.95. The number of nitrogens with one attached hydrogen (secondary N) is 1. The highest BCUT2D eigenvalue weighted by atomic mass is 35.5. The van der Waals surface area contributed by atoms with Crippen molar-refractivity contribution in [1.29, 1.82) is 0 Å². The third-order valence-electron chi connectivity index (χ3n) is 4.97. The van der Waals surface area contributed by atoms with Crippen LogP contribution in [0.1, 0.15) is 11.8 Å². The highest BCUT2D eigenvalue weighted by Gasteiger charge is 2.45. The number of nitrogens with two attached hydrogens (primary N) is 1. The fourth-order valence-electron chi connectivity index (χ4n) is 3.42. The molecule has 6 N–H and O–H groups in total. The van der Waals surface area contributed by atoms with Gasteiger partial charge in [-0.05, 0) is 24.1 Å². The lowest BCUT2D eigenvalue weighted by atomic mass is 10.1. The summed E-state index contributed by atoms with van der Waals surface area (Å²) in [5.41, 5.74) is 7.47. The molecule has 1 aliphatic rings. The molecule has 1 aliphatic heterocycles. The molecular weight excluding hydrogens is 435 g/mol. The van der Waals surface area contributed by atoms with Gasteiger partial charge in [0.2, 0.25) is 5.95 Å². The topological polar surface area (TPSA) is 152 Å². The second-order valence-corrected chi connectivity index (χ2v) is 7.72. The molecule has 2 unspecified atom stereocenters. The van der Waals surface area contributed by atoms with Crippen LogP contribution in [0.2, 0.25) is 10.0 Å². The number of imidazole rings is 1. The van der Waals surface area contributed by atoms with Gasteiger partial charge in [0.15, 0.2) is 23.2 Å². The van der Waals surface area contributed by atoms with Crippen LogP contribution in [0.5, 0.6) is 0 Å². The zero-order chi connectivity index (χ0) is 21.4. The van der Waals surface area contributed by atoms with Crippen molar-refractivity contribution in [2.24, 2.45) is 0 Å². The van der Waals surface area contributed by atoms with Crippen molar-refractivity contribution < 1.29 is 20.1 Å². The summed E-state index contributed by atoms with van der Waals surface area (Å²) in [6.07, 6.45) is -2.70. The van der Waals surface area contributed by atoms with Crippen LogP contribution >= 0.6 is 23.2 Å². The van der Waals surface area contributed by atoms with Crippen LogP contribution in [-0.4, -0.2) is 66.3 Å². The molecule has 0 amide bonds. The smallest absolute Gasteiger partial charge is 0.207 e. The maximum absolute atomic E-state index is 10.5. The van der Waals surface area contributed by atoms with E-state index < -0.39 is 31.1 Å². The van der Waals surface area contributed by atoms with E-state index in [1.807, 2.05) is 6.07 Å². The van der Waals surface area contributed by atoms with E-state index in [1.165, 1.54) is 10.9 Å². The number of benzene rings is 1. The van der Waals surface area contributed by atoms with Gasteiger partial charge in [-0.15, -0.1) is 0 Å². The van der Waals surface area contributed by atoms with Crippen molar-refractivity contribution in [3.63, 3.8) is 0 Å². The second-order valence-electron chi connectivity index (χ2n) is 6.88. The number of ether oxygens (including phenoxy) is 1. The number of rotatable bonds is 6. The van der Waals surface area contributed by atoms with Gasteiger partial charge in [0.05, 0.1) is 6.61 Å². The van der Waals surface area contributed by atoms with Crippen LogP contribution in [0.25, 0.3) is 11.2 Å². The maximum Gasteiger partial charge on any atom is 0.207 e. The van der Waals surface area contributed by atoms with Gasteiger partial charge in [-0.3, -0.25) is 4.57 Å². The number of fused-ring (bicyclic) bond motifs is 1. The number of anilines is 2. The summed E-state index contributed by atoms with van der Waals surface area (Å²) in [6, 6.07) is 5.27. The van der Waals surface area contributed by atoms with E-state index in [0.717, 1.165) is 5.56 Å². The Labute approximate surface area is 181 Å². The van der Waals surface area contributed by atoms with Gasteiger partial charge in [0.1, 0.15) is 24.6 Å². The molecule has 0 saturated carbocycles. The first-order valence-electron chi connectivity index (χ1n) is 9.19. The van der Waals surface area contributed by atoms with Crippen molar-refractivity contribution in [3.05, 3.63) is 40.1 Å². The Bertz CT molecular complexity index is 1060. The highest BCUT2D eigenvalue weighted by molar-refractivity contribution is 6.35. The van der Waals surface area contributed by atoms with Crippen LogP contribution < -0.4 is 11.1 Å². The summed E-state index contributed by atoms with van der Waals surface area (Å²) in [6.45, 7) is -0.0108. The minimum atomic E-state index is -1.30. The standard InChI is InChI=1S/C18H20Cl2N6O4/c19-9-2-1-8(10(20)5-9)3-4-22-18-25-12-15(21)23-7-24-16(12)26(18)17-14(29)13(28)11(6-27)30-17/h1-2,5,7,11,13-14,17,27-29H,3-4,6H2,(H,22,25)(H2,21,23,24)/t11-,13?,14?,17-/m1/s1. The number of aromatic nitrogens is 4. The number of nitrogens with zero attached hydrogens (tertiary/aromatic N) is 4. The molecule has 30 heavy (non-hydrogen) atoms. The van der Waals surface area contributed by atoms with Crippen LogP contribution in [-0.2, 0) is 11.2 Å². The molecule has 1 saturated heterocycles. The second kappa shape index (κ2) is 8.50. The number of halogens is 2. The summed E-state index contributed by atoms with van der Waals surface area (Å²) in [5, 5.41) is 34.3. The maximum atomic E-state index is 10.5. The zero-order valence-electron chi connectivity index (χ0n) is 15.6. The Kier molecular flexibility index (Phi) is 5.96. The normalized spacial score (nSPS) is 23.9. The van der Waals surface area contributed by atoms with Gasteiger partial charge in [-0.2, -0.15) is 0 Å². The molecule has 4 rings (SSSR count). The summed E-state index contributed by atoms with van der Waals surface area (Å²) in [7, 11) is 0. The Morgan fingerprint density at radius 1 is 1.20 bits per heavy atom. The lowest BCUT2D eigenvalue weighted by molar-refractivity contribution is -0.0501. The molecule has 12 heteroatoms. The van der Waals surface area contributed by atoms with Gasteiger partial charge < -0.3 is 31.1 Å². The average Bonchev–Trinajstić information content (AvgIpc) is 3.22. The Hall–Kier alpha value is -2.21. The van der Waals surface area contributed by atoms with Crippen LogP contribution in [0.3, 0.4) is 0 Å². The van der Waals surface area contributed by atoms with Gasteiger partial charge in [-0.1, -0.05) is 29.3 Å². The molecule has 0 aliphatic carbocycles. The molecule has 4 atom stereocenters. The molecule has 1 fully saturated rings. The third kappa shape index (κ3) is 3.78. The molecular formula is C18H20Cl2N6O4. The number of nitrogen functional groups attached to an aromatic ring is 1. The van der Waals surface area contributed by atoms with E-state index in [0.29, 0.717) is 40.1 Å². The predicted molar refractivity (Wildman–Crippen MR) is 111 cm³/mol. The Morgan fingerprint density at radius 2 is 2.00 bits per heavy atom. The number of aliphatic hydroxyl groups excluding tert-OH is 3. The van der Waals surface area contributed by atoms with Gasteiger partial charge in [0, 0.05) is 16.6 Å². The zero-order valence-corrected chi connectivity index (χ0v) is 17.1. The highest BCUT2D eigenvalue weighted by Crippen LogP contribution is 2.35. The summed E-state index contributed by atoms with van der Waals surface area (Å²) >= 11 is 12.2. The molecule has 3 heterocycles. The fraction of sp³-hybridized carbons (Fsp3) is 0.389. The molecule has 0 radical (unpaired) electrons. The van der Waals surface area contributed by atoms with Crippen molar-refractivity contribution in [2.75, 3.05) is 24.2 Å². The molecule has 10 nitrogen and oxygen atoms in total. The predicted octanol–water partition coefficient (Wildman–Crippen LogP) is 0.981. The van der Waals surface area contributed by atoms with Crippen molar-refractivity contribution in [1.82, 2.24) is 19.5 Å². The van der Waals surface area contributed by atoms with E-state index >= 15 is 0 Å². The fourth-order valence-corrected chi connectivity index (χ4v) is 3.92. The van der Waals surface area contributed by atoms with Crippen molar-refractivity contribution in [2.45, 2.75) is 31.0 Å². The third-order valence-corrected chi connectivity index (χ3v) is 5.56. The van der Waals surface area contributed by atoms with Gasteiger partial charge in [0.25, 0.3) is 0 Å². The first kappa shape index (κ1) is 21.0. The Morgan fingerprint density at radius 3 is 2.70 bits per heavy atom. The van der Waals surface area contributed by atoms with Crippen LogP contribution in [0, 0.1) is 0 Å². The largest absolute Gasteiger partial charge is 0.394 e. The number of hydrogen-bond acceptors (Lipinski definition) is 9. The van der Waals surface area contributed by atoms with E-state index in [4.69, 9.17) is 33.7 Å². The summed E-state index contributed by atoms with van der Waals surface area (Å²) in [5.74, 6) is 0.478. The lowest BCUT2D eigenvalue weighted by Gasteiger charge is -2.19. The Balaban J connectivity index is 1.64. The molecule has 0 spiro atoms. The van der Waals surface area contributed by atoms with Crippen LogP contribution in [0.15, 0.2) is 24.5 Å². The van der Waals surface area contributed by atoms with Crippen molar-refractivity contribution >= 4 is 46.1 Å². The molecule has 2 aromatic heterocycles. The van der Waals surface area contributed by atoms with Gasteiger partial charge >= 0.3 is 0 Å². The van der Waals surface area contributed by atoms with E-state index in [2.05, 4.69) is 20.3 Å². The van der Waals surface area contributed by atoms with Crippen molar-refractivity contribution in [3.8, 4) is 0 Å².